The third kappa shape index (κ3) is 5.33. The van der Waals surface area contributed by atoms with Crippen LogP contribution >= 0.6 is 0 Å². The van der Waals surface area contributed by atoms with Crippen LogP contribution in [0.5, 0.6) is 11.5 Å². The van der Waals surface area contributed by atoms with E-state index in [1.54, 1.807) is 20.8 Å². The molecule has 0 unspecified atom stereocenters. The van der Waals surface area contributed by atoms with Crippen LogP contribution in [0.3, 0.4) is 0 Å². The molecular weight excluding hydrogens is 332 g/mol. The Kier molecular flexibility index (Phi) is 7.16. The van der Waals surface area contributed by atoms with Crippen LogP contribution in [0.25, 0.3) is 0 Å². The van der Waals surface area contributed by atoms with E-state index in [2.05, 4.69) is 5.32 Å². The van der Waals surface area contributed by atoms with Crippen LogP contribution in [0.1, 0.15) is 38.1 Å². The molecule has 0 saturated heterocycles. The summed E-state index contributed by atoms with van der Waals surface area (Å²) in [6, 6.07) is 2.13. The van der Waals surface area contributed by atoms with E-state index in [1.165, 1.54) is 20.1 Å². The van der Waals surface area contributed by atoms with Gasteiger partial charge in [-0.05, 0) is 27.7 Å². The van der Waals surface area contributed by atoms with Gasteiger partial charge in [-0.25, -0.2) is 4.79 Å². The Morgan fingerprint density at radius 2 is 1.88 bits per heavy atom. The Hall–Kier alpha value is -2.84. The van der Waals surface area contributed by atoms with Crippen LogP contribution in [0.4, 0.5) is 5.69 Å². The van der Waals surface area contributed by atoms with Crippen molar-refractivity contribution in [2.24, 2.45) is 0 Å². The molecule has 9 heteroatoms. The molecule has 1 amide bonds. The molecule has 9 nitrogen and oxygen atoms in total. The van der Waals surface area contributed by atoms with Gasteiger partial charge in [-0.2, -0.15) is 0 Å². The van der Waals surface area contributed by atoms with Crippen molar-refractivity contribution in [3.8, 4) is 11.5 Å². The maximum Gasteiger partial charge on any atom is 0.346 e. The van der Waals surface area contributed by atoms with Crippen LogP contribution in [-0.4, -0.2) is 42.7 Å². The minimum absolute atomic E-state index is 0.121. The van der Waals surface area contributed by atoms with Crippen LogP contribution in [0.15, 0.2) is 12.1 Å². The van der Waals surface area contributed by atoms with Gasteiger partial charge in [0.05, 0.1) is 24.7 Å². The van der Waals surface area contributed by atoms with Crippen LogP contribution in [-0.2, 0) is 9.53 Å². The Labute approximate surface area is 145 Å². The zero-order chi connectivity index (χ0) is 19.1. The molecule has 0 aliphatic carbocycles. The van der Waals surface area contributed by atoms with Gasteiger partial charge in [-0.15, -0.1) is 0 Å². The summed E-state index contributed by atoms with van der Waals surface area (Å²) >= 11 is 0. The lowest BCUT2D eigenvalue weighted by Crippen LogP contribution is -2.39. The van der Waals surface area contributed by atoms with Gasteiger partial charge in [0.25, 0.3) is 11.6 Å². The number of hydrogen-bond donors (Lipinski definition) is 1. The summed E-state index contributed by atoms with van der Waals surface area (Å²) < 4.78 is 15.4. The third-order valence-corrected chi connectivity index (χ3v) is 3.08. The number of nitrogens with one attached hydrogen (secondary N) is 1. The van der Waals surface area contributed by atoms with E-state index in [4.69, 9.17) is 14.2 Å². The molecule has 0 bridgehead atoms. The van der Waals surface area contributed by atoms with Crippen molar-refractivity contribution in [2.75, 3.05) is 13.7 Å². The number of nitrogens with zero attached hydrogens (tertiary/aromatic N) is 1. The van der Waals surface area contributed by atoms with Crippen molar-refractivity contribution in [3.63, 3.8) is 0 Å². The number of amides is 1. The molecular formula is C16H22N2O7. The third-order valence-electron chi connectivity index (χ3n) is 3.08. The maximum atomic E-state index is 12.3. The van der Waals surface area contributed by atoms with Crippen LogP contribution in [0, 0.1) is 10.1 Å². The molecule has 0 aromatic heterocycles. The molecule has 0 saturated carbocycles. The molecule has 0 aliphatic heterocycles. The van der Waals surface area contributed by atoms with Crippen molar-refractivity contribution in [1.29, 1.82) is 0 Å². The zero-order valence-corrected chi connectivity index (χ0v) is 14.8. The molecule has 0 spiro atoms. The first kappa shape index (κ1) is 20.2. The molecule has 1 atom stereocenters. The number of nitro groups is 1. The Bertz CT molecular complexity index is 658. The lowest BCUT2D eigenvalue weighted by molar-refractivity contribution is -0.385. The Balaban J connectivity index is 3.16. The summed E-state index contributed by atoms with van der Waals surface area (Å²) in [5.74, 6) is -1.20. The van der Waals surface area contributed by atoms with Gasteiger partial charge in [0.2, 0.25) is 0 Å². The number of methoxy groups -OCH3 is 1. The molecule has 0 heterocycles. The zero-order valence-electron chi connectivity index (χ0n) is 14.8. The number of nitro benzene ring substituents is 1. The van der Waals surface area contributed by atoms with Gasteiger partial charge >= 0.3 is 5.97 Å². The van der Waals surface area contributed by atoms with E-state index in [-0.39, 0.29) is 29.7 Å². The average Bonchev–Trinajstić information content (AvgIpc) is 2.53. The van der Waals surface area contributed by atoms with E-state index < -0.39 is 28.6 Å². The fraction of sp³-hybridized carbons (Fsp3) is 0.500. The Morgan fingerprint density at radius 3 is 2.36 bits per heavy atom. The number of carbonyl (C=O) groups is 2. The van der Waals surface area contributed by atoms with E-state index in [1.807, 2.05) is 0 Å². The van der Waals surface area contributed by atoms with Crippen molar-refractivity contribution < 1.29 is 28.7 Å². The standard InChI is InChI=1S/C16H22N2O7/c1-6-24-14-7-11(12(18(21)22)8-13(14)23-5)16(20)25-10(4)15(19)17-9(2)3/h7-10H,6H2,1-5H3,(H,17,19)/t10-/m0/s1. The van der Waals surface area contributed by atoms with Crippen molar-refractivity contribution in [3.05, 3.63) is 27.8 Å². The molecule has 1 rings (SSSR count). The second-order valence-electron chi connectivity index (χ2n) is 5.42. The average molecular weight is 354 g/mol. The monoisotopic (exact) mass is 354 g/mol. The molecule has 25 heavy (non-hydrogen) atoms. The van der Waals surface area contributed by atoms with E-state index in [0.717, 1.165) is 6.07 Å². The molecule has 1 N–H and O–H groups in total. The second-order valence-corrected chi connectivity index (χ2v) is 5.42. The number of esters is 1. The van der Waals surface area contributed by atoms with E-state index >= 15 is 0 Å². The molecule has 1 aromatic carbocycles. The highest BCUT2D eigenvalue weighted by atomic mass is 16.6. The largest absolute Gasteiger partial charge is 0.493 e. The van der Waals surface area contributed by atoms with Gasteiger partial charge in [0, 0.05) is 12.1 Å². The smallest absolute Gasteiger partial charge is 0.346 e. The number of hydrogen-bond acceptors (Lipinski definition) is 7. The fourth-order valence-electron chi connectivity index (χ4n) is 1.97. The minimum Gasteiger partial charge on any atom is -0.493 e. The number of benzene rings is 1. The van der Waals surface area contributed by atoms with E-state index in [0.29, 0.717) is 0 Å². The van der Waals surface area contributed by atoms with Crippen LogP contribution < -0.4 is 14.8 Å². The van der Waals surface area contributed by atoms with Crippen molar-refractivity contribution in [1.82, 2.24) is 5.32 Å². The summed E-state index contributed by atoms with van der Waals surface area (Å²) in [7, 11) is 1.33. The summed E-state index contributed by atoms with van der Waals surface area (Å²) in [6.45, 7) is 6.89. The molecule has 0 fully saturated rings. The first-order valence-corrected chi connectivity index (χ1v) is 7.71. The highest BCUT2D eigenvalue weighted by Gasteiger charge is 2.28. The first-order valence-electron chi connectivity index (χ1n) is 7.71. The highest BCUT2D eigenvalue weighted by Crippen LogP contribution is 2.35. The summed E-state index contributed by atoms with van der Waals surface area (Å²) in [5.41, 5.74) is -0.819. The normalized spacial score (nSPS) is 11.6. The molecule has 1 aromatic rings. The molecule has 0 radical (unpaired) electrons. The lowest BCUT2D eigenvalue weighted by atomic mass is 10.1. The van der Waals surface area contributed by atoms with E-state index in [9.17, 15) is 19.7 Å². The van der Waals surface area contributed by atoms with Gasteiger partial charge in [-0.1, -0.05) is 0 Å². The molecule has 138 valence electrons. The van der Waals surface area contributed by atoms with Gasteiger partial charge < -0.3 is 19.5 Å². The number of ether oxygens (including phenoxy) is 3. The van der Waals surface area contributed by atoms with Gasteiger partial charge in [0.15, 0.2) is 17.6 Å². The molecule has 0 aliphatic rings. The second kappa shape index (κ2) is 8.86. The fourth-order valence-corrected chi connectivity index (χ4v) is 1.97. The van der Waals surface area contributed by atoms with Gasteiger partial charge in [0.1, 0.15) is 5.56 Å². The topological polar surface area (TPSA) is 117 Å². The predicted octanol–water partition coefficient (Wildman–Crippen LogP) is 2.07. The van der Waals surface area contributed by atoms with Crippen molar-refractivity contribution >= 4 is 17.6 Å². The highest BCUT2D eigenvalue weighted by molar-refractivity contribution is 5.96. The van der Waals surface area contributed by atoms with Crippen molar-refractivity contribution in [2.45, 2.75) is 39.8 Å². The summed E-state index contributed by atoms with van der Waals surface area (Å²) in [5, 5.41) is 13.8. The van der Waals surface area contributed by atoms with Gasteiger partial charge in [-0.3, -0.25) is 14.9 Å². The minimum atomic E-state index is -1.10. The number of rotatable bonds is 8. The predicted molar refractivity (Wildman–Crippen MR) is 89.0 cm³/mol. The van der Waals surface area contributed by atoms with Crippen LogP contribution in [0.2, 0.25) is 0 Å². The summed E-state index contributed by atoms with van der Waals surface area (Å²) in [4.78, 5) is 34.7. The first-order chi connectivity index (χ1) is 11.7. The lowest BCUT2D eigenvalue weighted by Gasteiger charge is -2.16. The Morgan fingerprint density at radius 1 is 1.24 bits per heavy atom. The quantitative estimate of drug-likeness (QED) is 0.431. The SMILES string of the molecule is CCOc1cc(C(=O)O[C@@H](C)C(=O)NC(C)C)c([N+](=O)[O-])cc1OC. The maximum absolute atomic E-state index is 12.3. The summed E-state index contributed by atoms with van der Waals surface area (Å²) in [6.07, 6.45) is -1.10. The number of carbonyl (C=O) groups excluding carboxylic acids is 2.